The van der Waals surface area contributed by atoms with Gasteiger partial charge in [-0.2, -0.15) is 0 Å². The first-order chi connectivity index (χ1) is 8.12. The highest BCUT2D eigenvalue weighted by atomic mass is 79.9. The highest BCUT2D eigenvalue weighted by Gasteiger charge is 2.49. The lowest BCUT2D eigenvalue weighted by atomic mass is 10.5. The smallest absolute Gasteiger partial charge is 0.137 e. The predicted molar refractivity (Wildman–Crippen MR) is 88.0 cm³/mol. The van der Waals surface area contributed by atoms with E-state index >= 15 is 0 Å². The Bertz CT molecular complexity index is 371. The molecule has 0 aliphatic carbocycles. The summed E-state index contributed by atoms with van der Waals surface area (Å²) in [6, 6.07) is 0. The molecule has 0 aromatic rings. The molecular weight excluding hydrogens is 521 g/mol. The highest BCUT2D eigenvalue weighted by Crippen LogP contribution is 2.71. The Morgan fingerprint density at radius 2 is 1.50 bits per heavy atom. The average molecular weight is 535 g/mol. The van der Waals surface area contributed by atoms with Crippen LogP contribution in [-0.4, -0.2) is 43.0 Å². The summed E-state index contributed by atoms with van der Waals surface area (Å²) in [4.78, 5) is 1.40. The van der Waals surface area contributed by atoms with Crippen LogP contribution in [0, 0.1) is 0 Å². The van der Waals surface area contributed by atoms with Gasteiger partial charge < -0.3 is 14.8 Å². The van der Waals surface area contributed by atoms with Gasteiger partial charge in [0.25, 0.3) is 0 Å². The Hall–Kier alpha value is 1.77. The van der Waals surface area contributed by atoms with Crippen molar-refractivity contribution in [2.75, 3.05) is 6.29 Å². The number of aliphatic hydroxyl groups excluding tert-OH is 2. The molecule has 18 heavy (non-hydrogen) atoms. The highest BCUT2D eigenvalue weighted by molar-refractivity contribution is 9.17. The predicted octanol–water partition coefficient (Wildman–Crippen LogP) is 3.74. The fourth-order valence-corrected chi connectivity index (χ4v) is 11.4. The maximum absolute atomic E-state index is 13.1. The van der Waals surface area contributed by atoms with Crippen molar-refractivity contribution in [1.82, 2.24) is 4.90 Å². The Morgan fingerprint density at radius 3 is 1.78 bits per heavy atom. The molecule has 1 heterocycles. The quantitative estimate of drug-likeness (QED) is 0.328. The van der Waals surface area contributed by atoms with Gasteiger partial charge >= 0.3 is 0 Å². The number of hydrogen-bond acceptors (Lipinski definition) is 4. The lowest BCUT2D eigenvalue weighted by Gasteiger charge is -2.33. The van der Waals surface area contributed by atoms with Crippen LogP contribution < -0.4 is 0 Å². The van der Waals surface area contributed by atoms with E-state index in [-0.39, 0.29) is 15.4 Å². The second-order valence-electron chi connectivity index (χ2n) is 4.14. The lowest BCUT2D eigenvalue weighted by Crippen LogP contribution is -2.41. The molecule has 0 bridgehead atoms. The largest absolute Gasteiger partial charge is 0.379 e. The number of aliphatic hydroxyl groups is 2. The number of rotatable bonds is 4. The molecule has 0 radical (unpaired) electrons. The Kier molecular flexibility index (Phi) is 6.62. The molecule has 0 aromatic carbocycles. The molecule has 4 atom stereocenters. The van der Waals surface area contributed by atoms with Crippen molar-refractivity contribution in [3.05, 3.63) is 8.96 Å². The molecule has 1 rings (SSSR count). The van der Waals surface area contributed by atoms with Crippen LogP contribution in [0.5, 0.6) is 0 Å². The minimum atomic E-state index is -2.76. The van der Waals surface area contributed by atoms with E-state index in [9.17, 15) is 14.8 Å². The fraction of sp³-hybridized carbons (Fsp3) is 0.778. The number of alkyl halides is 2. The van der Waals surface area contributed by atoms with Crippen molar-refractivity contribution in [3.63, 3.8) is 0 Å². The molecule has 0 saturated carbocycles. The van der Waals surface area contributed by atoms with Gasteiger partial charge in [0.2, 0.25) is 0 Å². The van der Waals surface area contributed by atoms with Crippen LogP contribution in [0.2, 0.25) is 0 Å². The molecule has 0 amide bonds. The van der Waals surface area contributed by atoms with Crippen molar-refractivity contribution < 1.29 is 14.8 Å². The Labute approximate surface area is 140 Å². The van der Waals surface area contributed by atoms with Crippen molar-refractivity contribution in [3.8, 4) is 0 Å². The lowest BCUT2D eigenvalue weighted by molar-refractivity contribution is -0.0726. The van der Waals surface area contributed by atoms with E-state index in [1.54, 1.807) is 13.8 Å². The third-order valence-corrected chi connectivity index (χ3v) is 14.9. The zero-order valence-corrected chi connectivity index (χ0v) is 17.0. The van der Waals surface area contributed by atoms with Crippen LogP contribution in [0.1, 0.15) is 13.8 Å². The molecule has 0 spiro atoms. The van der Waals surface area contributed by atoms with Gasteiger partial charge in [-0.1, -0.05) is 63.7 Å². The monoisotopic (exact) mass is 531 g/mol. The summed E-state index contributed by atoms with van der Waals surface area (Å²) >= 11 is 13.6. The minimum absolute atomic E-state index is 0.109. The number of nitrogens with zero attached hydrogens (tertiary/aromatic N) is 1. The summed E-state index contributed by atoms with van der Waals surface area (Å²) in [6.45, 7) is 3.08. The Morgan fingerprint density at radius 1 is 1.17 bits per heavy atom. The van der Waals surface area contributed by atoms with Crippen LogP contribution in [0.4, 0.5) is 0 Å². The normalized spacial score (nSPS) is 36.3. The summed E-state index contributed by atoms with van der Waals surface area (Å²) in [5.41, 5.74) is 0. The first-order valence-corrected chi connectivity index (χ1v) is 10.6. The van der Waals surface area contributed by atoms with Crippen LogP contribution in [0.3, 0.4) is 0 Å². The number of halogens is 4. The maximum atomic E-state index is 13.1. The fourth-order valence-electron chi connectivity index (χ4n) is 1.67. The van der Waals surface area contributed by atoms with Gasteiger partial charge in [-0.05, 0) is 13.8 Å². The van der Waals surface area contributed by atoms with Crippen molar-refractivity contribution in [1.29, 1.82) is 0 Å². The van der Waals surface area contributed by atoms with Crippen LogP contribution in [0.15, 0.2) is 8.96 Å². The molecular formula is C9H14Br4NO3P. The molecule has 0 saturated heterocycles. The van der Waals surface area contributed by atoms with Crippen molar-refractivity contribution in [2.45, 2.75) is 35.4 Å². The van der Waals surface area contributed by atoms with E-state index in [0.29, 0.717) is 0 Å². The van der Waals surface area contributed by atoms with Crippen LogP contribution in [-0.2, 0) is 4.57 Å². The molecule has 4 nitrogen and oxygen atoms in total. The molecule has 4 unspecified atom stereocenters. The number of allylic oxidation sites excluding steroid dienone is 2. The molecule has 1 aliphatic heterocycles. The molecule has 0 fully saturated rings. The van der Waals surface area contributed by atoms with Gasteiger partial charge in [0.05, 0.1) is 6.29 Å². The first-order valence-electron chi connectivity index (χ1n) is 5.16. The summed E-state index contributed by atoms with van der Waals surface area (Å²) in [5, 5.41) is 19.3. The van der Waals surface area contributed by atoms with Crippen LogP contribution in [0.25, 0.3) is 0 Å². The summed E-state index contributed by atoms with van der Waals surface area (Å²) in [6.07, 6.45) is -1.62. The van der Waals surface area contributed by atoms with Gasteiger partial charge in [0, 0.05) is 8.96 Å². The van der Waals surface area contributed by atoms with Crippen LogP contribution >= 0.6 is 70.9 Å². The van der Waals surface area contributed by atoms with Crippen molar-refractivity contribution in [2.24, 2.45) is 0 Å². The second kappa shape index (κ2) is 6.69. The molecule has 1 aliphatic rings. The first kappa shape index (κ1) is 17.8. The third kappa shape index (κ3) is 3.32. The third-order valence-electron chi connectivity index (χ3n) is 2.76. The molecule has 0 aromatic heterocycles. The standard InChI is InChI=1S/C9H14Br4NO3P/c1-4(15)14(5(2)16)3-18(17)8(12)6(10)7(11)9(18)13/h4-5,8-9,15-16H,3H2,1-2H3. The molecule has 9 heteroatoms. The van der Waals surface area contributed by atoms with E-state index in [1.165, 1.54) is 4.90 Å². The van der Waals surface area contributed by atoms with E-state index in [1.807, 2.05) is 0 Å². The average Bonchev–Trinajstić information content (AvgIpc) is 2.42. The number of hydrogen-bond donors (Lipinski definition) is 2. The zero-order valence-electron chi connectivity index (χ0n) is 9.73. The van der Waals surface area contributed by atoms with Gasteiger partial charge in [0.1, 0.15) is 28.7 Å². The summed E-state index contributed by atoms with van der Waals surface area (Å²) in [5.74, 6) is 0. The molecule has 106 valence electrons. The molecule has 2 N–H and O–H groups in total. The van der Waals surface area contributed by atoms with Gasteiger partial charge in [-0.15, -0.1) is 0 Å². The maximum Gasteiger partial charge on any atom is 0.137 e. The summed E-state index contributed by atoms with van der Waals surface area (Å²) < 4.78 is 14.0. The SMILES string of the molecule is CC(O)N(CP1(=O)C(Br)C(Br)=C(Br)C1Br)C(C)O. The zero-order chi connectivity index (χ0) is 14.2. The van der Waals surface area contributed by atoms with E-state index < -0.39 is 19.6 Å². The summed E-state index contributed by atoms with van der Waals surface area (Å²) in [7, 11) is -2.76. The van der Waals surface area contributed by atoms with Crippen molar-refractivity contribution >= 4 is 70.9 Å². The van der Waals surface area contributed by atoms with Gasteiger partial charge in [-0.25, -0.2) is 4.90 Å². The van der Waals surface area contributed by atoms with E-state index in [2.05, 4.69) is 63.7 Å². The van der Waals surface area contributed by atoms with E-state index in [0.717, 1.165) is 8.96 Å². The Balaban J connectivity index is 3.00. The second-order valence-corrected chi connectivity index (χ2v) is 12.1. The van der Waals surface area contributed by atoms with Gasteiger partial charge in [0.15, 0.2) is 0 Å². The minimum Gasteiger partial charge on any atom is -0.379 e. The van der Waals surface area contributed by atoms with Gasteiger partial charge in [-0.3, -0.25) is 0 Å². The topological polar surface area (TPSA) is 60.8 Å². The van der Waals surface area contributed by atoms with E-state index in [4.69, 9.17) is 0 Å².